The molecule has 1 aliphatic rings. The van der Waals surface area contributed by atoms with Gasteiger partial charge in [-0.2, -0.15) is 4.98 Å². The Labute approximate surface area is 128 Å². The van der Waals surface area contributed by atoms with Crippen molar-refractivity contribution < 1.29 is 0 Å². The van der Waals surface area contributed by atoms with Gasteiger partial charge in [-0.05, 0) is 25.5 Å². The number of aryl methyl sites for hydroxylation is 2. The van der Waals surface area contributed by atoms with E-state index in [1.165, 1.54) is 37.4 Å². The Bertz CT molecular complexity index is 713. The molecule has 2 heterocycles. The van der Waals surface area contributed by atoms with Crippen LogP contribution in [0.25, 0.3) is 11.2 Å². The molecule has 1 aliphatic carbocycles. The van der Waals surface area contributed by atoms with Crippen LogP contribution in [0.1, 0.15) is 50.8 Å². The summed E-state index contributed by atoms with van der Waals surface area (Å²) < 4.78 is 3.89. The molecule has 0 bridgehead atoms. The van der Waals surface area contributed by atoms with Crippen LogP contribution in [0.5, 0.6) is 0 Å². The number of hydrogen-bond acceptors (Lipinski definition) is 4. The number of rotatable bonds is 4. The molecule has 3 rings (SSSR count). The molecule has 1 saturated carbocycles. The zero-order valence-corrected chi connectivity index (χ0v) is 13.7. The molecule has 0 N–H and O–H groups in total. The lowest BCUT2D eigenvalue weighted by Crippen LogP contribution is -2.24. The minimum Gasteiger partial charge on any atom is -0.327 e. The van der Waals surface area contributed by atoms with Crippen LogP contribution in [0.2, 0.25) is 0 Å². The van der Waals surface area contributed by atoms with Crippen molar-refractivity contribution >= 4 is 22.9 Å². The van der Waals surface area contributed by atoms with Gasteiger partial charge in [-0.15, -0.1) is 11.8 Å². The summed E-state index contributed by atoms with van der Waals surface area (Å²) in [4.78, 5) is 21.3. The second-order valence-corrected chi connectivity index (χ2v) is 6.53. The van der Waals surface area contributed by atoms with Crippen molar-refractivity contribution in [3.05, 3.63) is 16.3 Å². The van der Waals surface area contributed by atoms with Crippen LogP contribution in [0.4, 0.5) is 0 Å². The maximum atomic E-state index is 12.2. The van der Waals surface area contributed by atoms with Gasteiger partial charge in [0, 0.05) is 19.5 Å². The van der Waals surface area contributed by atoms with E-state index in [1.807, 2.05) is 6.26 Å². The standard InChI is InChI=1S/C15H22N4OS/c1-4-9-19-13-11(14(21-3)17-15(19)20)18(2)12(16-13)10-7-5-6-8-10/h10H,4-9H2,1-3H3. The molecule has 0 unspecified atom stereocenters. The van der Waals surface area contributed by atoms with Crippen molar-refractivity contribution in [1.29, 1.82) is 0 Å². The Morgan fingerprint density at radius 1 is 1.29 bits per heavy atom. The molecular weight excluding hydrogens is 284 g/mol. The molecule has 0 aliphatic heterocycles. The second-order valence-electron chi connectivity index (χ2n) is 5.74. The summed E-state index contributed by atoms with van der Waals surface area (Å²) in [6, 6.07) is 0. The monoisotopic (exact) mass is 306 g/mol. The first kappa shape index (κ1) is 14.6. The van der Waals surface area contributed by atoms with E-state index < -0.39 is 0 Å². The van der Waals surface area contributed by atoms with E-state index in [0.717, 1.165) is 28.4 Å². The van der Waals surface area contributed by atoms with E-state index in [2.05, 4.69) is 23.5 Å². The van der Waals surface area contributed by atoms with Gasteiger partial charge in [0.2, 0.25) is 0 Å². The van der Waals surface area contributed by atoms with Crippen LogP contribution < -0.4 is 5.69 Å². The zero-order chi connectivity index (χ0) is 15.0. The molecule has 2 aromatic rings. The topological polar surface area (TPSA) is 52.7 Å². The molecular formula is C15H22N4OS. The molecule has 6 heteroatoms. The van der Waals surface area contributed by atoms with Crippen molar-refractivity contribution in [3.63, 3.8) is 0 Å². The Hall–Kier alpha value is -1.30. The fourth-order valence-corrected chi connectivity index (χ4v) is 3.93. The molecule has 21 heavy (non-hydrogen) atoms. The van der Waals surface area contributed by atoms with Gasteiger partial charge in [0.1, 0.15) is 16.4 Å². The number of aromatic nitrogens is 4. The number of fused-ring (bicyclic) bond motifs is 1. The Balaban J connectivity index is 2.27. The molecule has 0 amide bonds. The van der Waals surface area contributed by atoms with E-state index >= 15 is 0 Å². The van der Waals surface area contributed by atoms with Crippen molar-refractivity contribution in [1.82, 2.24) is 19.1 Å². The van der Waals surface area contributed by atoms with Crippen LogP contribution >= 0.6 is 11.8 Å². The van der Waals surface area contributed by atoms with Gasteiger partial charge in [0.25, 0.3) is 0 Å². The van der Waals surface area contributed by atoms with Crippen LogP contribution in [0, 0.1) is 0 Å². The van der Waals surface area contributed by atoms with Crippen molar-refractivity contribution in [3.8, 4) is 0 Å². The highest BCUT2D eigenvalue weighted by Crippen LogP contribution is 2.35. The van der Waals surface area contributed by atoms with Gasteiger partial charge in [-0.3, -0.25) is 4.57 Å². The molecule has 0 atom stereocenters. The summed E-state index contributed by atoms with van der Waals surface area (Å²) in [6.45, 7) is 2.75. The summed E-state index contributed by atoms with van der Waals surface area (Å²) in [6.07, 6.45) is 7.85. The minimum atomic E-state index is -0.176. The molecule has 0 radical (unpaired) electrons. The predicted molar refractivity (Wildman–Crippen MR) is 86.1 cm³/mol. The number of thioether (sulfide) groups is 1. The third-order valence-corrected chi connectivity index (χ3v) is 5.03. The first-order valence-corrected chi connectivity index (χ1v) is 8.91. The second kappa shape index (κ2) is 5.83. The van der Waals surface area contributed by atoms with Crippen molar-refractivity contribution in [2.24, 2.45) is 7.05 Å². The summed E-state index contributed by atoms with van der Waals surface area (Å²) in [5, 5.41) is 0.793. The molecule has 1 fully saturated rings. The van der Waals surface area contributed by atoms with E-state index in [1.54, 1.807) is 4.57 Å². The highest BCUT2D eigenvalue weighted by Gasteiger charge is 2.25. The Morgan fingerprint density at radius 2 is 2.00 bits per heavy atom. The van der Waals surface area contributed by atoms with Gasteiger partial charge >= 0.3 is 5.69 Å². The van der Waals surface area contributed by atoms with Crippen molar-refractivity contribution in [2.75, 3.05) is 6.26 Å². The van der Waals surface area contributed by atoms with Gasteiger partial charge < -0.3 is 4.57 Å². The maximum absolute atomic E-state index is 12.2. The van der Waals surface area contributed by atoms with Gasteiger partial charge in [-0.25, -0.2) is 9.78 Å². The smallest absolute Gasteiger partial charge is 0.327 e. The maximum Gasteiger partial charge on any atom is 0.350 e. The molecule has 0 saturated heterocycles. The fourth-order valence-electron chi connectivity index (χ4n) is 3.34. The molecule has 5 nitrogen and oxygen atoms in total. The first-order valence-electron chi connectivity index (χ1n) is 7.68. The van der Waals surface area contributed by atoms with E-state index in [-0.39, 0.29) is 5.69 Å². The minimum absolute atomic E-state index is 0.176. The quantitative estimate of drug-likeness (QED) is 0.644. The fraction of sp³-hybridized carbons (Fsp3) is 0.667. The van der Waals surface area contributed by atoms with Crippen LogP contribution in [-0.2, 0) is 13.6 Å². The van der Waals surface area contributed by atoms with E-state index in [9.17, 15) is 4.79 Å². The number of imidazole rings is 1. The van der Waals surface area contributed by atoms with Gasteiger partial charge in [0.15, 0.2) is 5.65 Å². The largest absolute Gasteiger partial charge is 0.350 e. The molecule has 2 aromatic heterocycles. The third kappa shape index (κ3) is 2.39. The SMILES string of the molecule is CCCn1c(=O)nc(SC)c2c1nc(C1CCCC1)n2C. The normalized spacial score (nSPS) is 16.1. The first-order chi connectivity index (χ1) is 10.2. The summed E-state index contributed by atoms with van der Waals surface area (Å²) >= 11 is 1.52. The van der Waals surface area contributed by atoms with Crippen LogP contribution in [-0.4, -0.2) is 25.4 Å². The van der Waals surface area contributed by atoms with Crippen LogP contribution in [0.3, 0.4) is 0 Å². The number of nitrogens with zero attached hydrogens (tertiary/aromatic N) is 4. The summed E-state index contributed by atoms with van der Waals surface area (Å²) in [5.74, 6) is 1.65. The number of hydrogen-bond donors (Lipinski definition) is 0. The summed E-state index contributed by atoms with van der Waals surface area (Å²) in [7, 11) is 2.06. The average molecular weight is 306 g/mol. The van der Waals surface area contributed by atoms with E-state index in [0.29, 0.717) is 12.5 Å². The summed E-state index contributed by atoms with van der Waals surface area (Å²) in [5.41, 5.74) is 1.65. The molecule has 0 spiro atoms. The van der Waals surface area contributed by atoms with Gasteiger partial charge in [-0.1, -0.05) is 19.8 Å². The zero-order valence-electron chi connectivity index (χ0n) is 12.9. The highest BCUT2D eigenvalue weighted by molar-refractivity contribution is 7.98. The lowest BCUT2D eigenvalue weighted by Gasteiger charge is -2.09. The van der Waals surface area contributed by atoms with Gasteiger partial charge in [0.05, 0.1) is 0 Å². The third-order valence-electron chi connectivity index (χ3n) is 4.36. The van der Waals surface area contributed by atoms with E-state index in [4.69, 9.17) is 4.98 Å². The molecule has 0 aromatic carbocycles. The van der Waals surface area contributed by atoms with Crippen molar-refractivity contribution in [2.45, 2.75) is 56.5 Å². The molecule has 114 valence electrons. The lowest BCUT2D eigenvalue weighted by molar-refractivity contribution is 0.634. The van der Waals surface area contributed by atoms with Crippen LogP contribution in [0.15, 0.2) is 9.82 Å². The average Bonchev–Trinajstić information content (AvgIpc) is 3.10. The Morgan fingerprint density at radius 3 is 2.62 bits per heavy atom. The Kier molecular flexibility index (Phi) is 4.06. The predicted octanol–water partition coefficient (Wildman–Crippen LogP) is 2.92. The highest BCUT2D eigenvalue weighted by atomic mass is 32.2. The lowest BCUT2D eigenvalue weighted by atomic mass is 10.1.